The molecule has 1 N–H and O–H groups in total. The summed E-state index contributed by atoms with van der Waals surface area (Å²) in [4.78, 5) is 3.16. The molecule has 1 atom stereocenters. The van der Waals surface area contributed by atoms with Crippen LogP contribution in [0.5, 0.6) is 0 Å². The molecule has 1 aliphatic rings. The van der Waals surface area contributed by atoms with Crippen molar-refractivity contribution >= 4 is 12.2 Å². The van der Waals surface area contributed by atoms with Gasteiger partial charge in [-0.2, -0.15) is 0 Å². The van der Waals surface area contributed by atoms with Crippen molar-refractivity contribution in [3.8, 4) is 0 Å². The van der Waals surface area contributed by atoms with Crippen LogP contribution in [0.2, 0.25) is 0 Å². The average Bonchev–Trinajstić information content (AvgIpc) is 2.53. The molecule has 1 heterocycles. The summed E-state index contributed by atoms with van der Waals surface area (Å²) in [6.07, 6.45) is 3.31. The largest absolute Gasteiger partial charge is 0.337 e. The van der Waals surface area contributed by atoms with E-state index in [0.29, 0.717) is 17.4 Å². The first-order chi connectivity index (χ1) is 6.43. The van der Waals surface area contributed by atoms with Crippen LogP contribution in [0.1, 0.15) is 51.8 Å². The van der Waals surface area contributed by atoms with Crippen molar-refractivity contribution in [2.75, 3.05) is 0 Å². The van der Waals surface area contributed by atoms with Crippen LogP contribution in [0.4, 0.5) is 0 Å². The van der Waals surface area contributed by atoms with Gasteiger partial charge in [0.2, 0.25) is 0 Å². The normalized spacial score (nSPS) is 24.2. The van der Waals surface area contributed by atoms with E-state index in [1.54, 1.807) is 0 Å². The molecule has 1 aromatic heterocycles. The summed E-state index contributed by atoms with van der Waals surface area (Å²) in [5.74, 6) is 0.541. The van der Waals surface area contributed by atoms with Crippen molar-refractivity contribution in [1.82, 2.24) is 9.55 Å². The van der Waals surface area contributed by atoms with Gasteiger partial charge >= 0.3 is 0 Å². The molecule has 14 heavy (non-hydrogen) atoms. The van der Waals surface area contributed by atoms with Crippen LogP contribution in [0.25, 0.3) is 0 Å². The van der Waals surface area contributed by atoms with Gasteiger partial charge in [0.1, 0.15) is 0 Å². The van der Waals surface area contributed by atoms with Gasteiger partial charge < -0.3 is 9.55 Å². The first-order valence-electron chi connectivity index (χ1n) is 5.23. The zero-order valence-corrected chi connectivity index (χ0v) is 10.1. The second-order valence-electron chi connectivity index (χ2n) is 5.25. The van der Waals surface area contributed by atoms with Crippen molar-refractivity contribution in [2.24, 2.45) is 5.41 Å². The molecule has 0 aromatic carbocycles. The summed E-state index contributed by atoms with van der Waals surface area (Å²) >= 11 is 5.32. The molecular formula is C11H18N2S. The highest BCUT2D eigenvalue weighted by Gasteiger charge is 2.48. The maximum Gasteiger partial charge on any atom is 0.177 e. The van der Waals surface area contributed by atoms with Crippen molar-refractivity contribution in [2.45, 2.75) is 46.1 Å². The second kappa shape index (κ2) is 2.96. The van der Waals surface area contributed by atoms with Crippen LogP contribution >= 0.6 is 12.2 Å². The molecular weight excluding hydrogens is 192 g/mol. The Labute approximate surface area is 90.3 Å². The van der Waals surface area contributed by atoms with E-state index in [1.807, 2.05) is 0 Å². The molecule has 0 bridgehead atoms. The first-order valence-corrected chi connectivity index (χ1v) is 5.64. The van der Waals surface area contributed by atoms with E-state index in [-0.39, 0.29) is 0 Å². The molecule has 3 heteroatoms. The number of hydrogen-bond acceptors (Lipinski definition) is 1. The van der Waals surface area contributed by atoms with E-state index in [4.69, 9.17) is 12.2 Å². The van der Waals surface area contributed by atoms with E-state index >= 15 is 0 Å². The number of aromatic amines is 1. The van der Waals surface area contributed by atoms with Crippen LogP contribution in [0.3, 0.4) is 0 Å². The molecule has 0 aliphatic heterocycles. The Bertz CT molecular complexity index is 398. The Hall–Kier alpha value is -0.570. The summed E-state index contributed by atoms with van der Waals surface area (Å²) < 4.78 is 3.18. The second-order valence-corrected chi connectivity index (χ2v) is 5.64. The van der Waals surface area contributed by atoms with Gasteiger partial charge in [-0.3, -0.25) is 0 Å². The highest BCUT2D eigenvalue weighted by Crippen LogP contribution is 2.56. The number of imidazole rings is 1. The maximum absolute atomic E-state index is 5.32. The Morgan fingerprint density at radius 2 is 2.14 bits per heavy atom. The van der Waals surface area contributed by atoms with Gasteiger partial charge in [-0.15, -0.1) is 0 Å². The lowest BCUT2D eigenvalue weighted by Gasteiger charge is -2.12. The van der Waals surface area contributed by atoms with E-state index in [9.17, 15) is 0 Å². The molecule has 1 aliphatic carbocycles. The molecule has 0 amide bonds. The fourth-order valence-electron chi connectivity index (χ4n) is 2.04. The summed E-state index contributed by atoms with van der Waals surface area (Å²) in [6.45, 7) is 9.03. The van der Waals surface area contributed by atoms with Crippen molar-refractivity contribution in [3.63, 3.8) is 0 Å². The SMILES string of the molecule is CC(C)c1c[nH]c(=S)n1C1CC1(C)C. The smallest absolute Gasteiger partial charge is 0.177 e. The quantitative estimate of drug-likeness (QED) is 0.739. The molecule has 1 unspecified atom stereocenters. The van der Waals surface area contributed by atoms with Gasteiger partial charge in [0.25, 0.3) is 0 Å². The van der Waals surface area contributed by atoms with E-state index in [2.05, 4.69) is 43.4 Å². The summed E-state index contributed by atoms with van der Waals surface area (Å²) in [7, 11) is 0. The third-order valence-electron chi connectivity index (χ3n) is 3.21. The molecule has 0 saturated heterocycles. The number of nitrogens with one attached hydrogen (secondary N) is 1. The molecule has 2 rings (SSSR count). The van der Waals surface area contributed by atoms with Crippen molar-refractivity contribution in [3.05, 3.63) is 16.7 Å². The van der Waals surface area contributed by atoms with Crippen molar-refractivity contribution in [1.29, 1.82) is 0 Å². The molecule has 78 valence electrons. The molecule has 0 radical (unpaired) electrons. The monoisotopic (exact) mass is 210 g/mol. The Morgan fingerprint density at radius 3 is 2.57 bits per heavy atom. The van der Waals surface area contributed by atoms with Crippen molar-refractivity contribution < 1.29 is 0 Å². The maximum atomic E-state index is 5.32. The number of H-pyrrole nitrogens is 1. The van der Waals surface area contributed by atoms with Gasteiger partial charge in [0.15, 0.2) is 4.77 Å². The Balaban J connectivity index is 2.42. The van der Waals surface area contributed by atoms with E-state index < -0.39 is 0 Å². The number of rotatable bonds is 2. The number of aromatic nitrogens is 2. The minimum Gasteiger partial charge on any atom is -0.337 e. The lowest BCUT2D eigenvalue weighted by atomic mass is 10.1. The fraction of sp³-hybridized carbons (Fsp3) is 0.727. The molecule has 1 saturated carbocycles. The predicted molar refractivity (Wildman–Crippen MR) is 61.1 cm³/mol. The van der Waals surface area contributed by atoms with Crippen LogP contribution in [0, 0.1) is 10.2 Å². The Morgan fingerprint density at radius 1 is 1.57 bits per heavy atom. The predicted octanol–water partition coefficient (Wildman–Crippen LogP) is 3.64. The van der Waals surface area contributed by atoms with Gasteiger partial charge in [-0.1, -0.05) is 27.7 Å². The lowest BCUT2D eigenvalue weighted by Crippen LogP contribution is -2.06. The first kappa shape index (κ1) is 9.97. The topological polar surface area (TPSA) is 20.7 Å². The molecule has 1 aromatic rings. The minimum absolute atomic E-state index is 0.435. The lowest BCUT2D eigenvalue weighted by molar-refractivity contribution is 0.518. The number of nitrogens with zero attached hydrogens (tertiary/aromatic N) is 1. The van der Waals surface area contributed by atoms with Gasteiger partial charge in [0.05, 0.1) is 0 Å². The molecule has 2 nitrogen and oxygen atoms in total. The third kappa shape index (κ3) is 1.44. The van der Waals surface area contributed by atoms with Gasteiger partial charge in [-0.25, -0.2) is 0 Å². The number of hydrogen-bond donors (Lipinski definition) is 1. The highest BCUT2D eigenvalue weighted by molar-refractivity contribution is 7.71. The summed E-state index contributed by atoms with van der Waals surface area (Å²) in [5.41, 5.74) is 1.77. The Kier molecular flexibility index (Phi) is 2.11. The molecule has 0 spiro atoms. The highest BCUT2D eigenvalue weighted by atomic mass is 32.1. The van der Waals surface area contributed by atoms with Crippen LogP contribution in [-0.4, -0.2) is 9.55 Å². The standard InChI is InChI=1S/C11H18N2S/c1-7(2)8-6-12-10(14)13(8)9-5-11(9,3)4/h6-7,9H,5H2,1-4H3,(H,12,14). The average molecular weight is 210 g/mol. The third-order valence-corrected chi connectivity index (χ3v) is 3.52. The zero-order valence-electron chi connectivity index (χ0n) is 9.29. The van der Waals surface area contributed by atoms with E-state index in [1.165, 1.54) is 12.1 Å². The van der Waals surface area contributed by atoms with Crippen LogP contribution < -0.4 is 0 Å². The minimum atomic E-state index is 0.435. The summed E-state index contributed by atoms with van der Waals surface area (Å²) in [5, 5.41) is 0. The van der Waals surface area contributed by atoms with Crippen LogP contribution in [0.15, 0.2) is 6.20 Å². The van der Waals surface area contributed by atoms with Gasteiger partial charge in [0, 0.05) is 17.9 Å². The fourth-order valence-corrected chi connectivity index (χ4v) is 2.33. The zero-order chi connectivity index (χ0) is 10.5. The van der Waals surface area contributed by atoms with Gasteiger partial charge in [-0.05, 0) is 30.0 Å². The van der Waals surface area contributed by atoms with E-state index in [0.717, 1.165) is 4.77 Å². The van der Waals surface area contributed by atoms with Crippen LogP contribution in [-0.2, 0) is 0 Å². The summed E-state index contributed by atoms with van der Waals surface area (Å²) in [6, 6.07) is 0.610. The molecule has 1 fully saturated rings.